The molecule has 0 bridgehead atoms. The molecule has 1 heterocycles. The van der Waals surface area contributed by atoms with Gasteiger partial charge in [0.05, 0.1) is 19.2 Å². The minimum absolute atomic E-state index is 0.00941. The van der Waals surface area contributed by atoms with Gasteiger partial charge in [0.2, 0.25) is 5.91 Å². The third-order valence-electron chi connectivity index (χ3n) is 6.73. The average Bonchev–Trinajstić information content (AvgIpc) is 2.79. The van der Waals surface area contributed by atoms with Crippen LogP contribution < -0.4 is 15.4 Å². The van der Waals surface area contributed by atoms with E-state index in [-0.39, 0.29) is 29.5 Å². The fourth-order valence-electron chi connectivity index (χ4n) is 4.78. The molecule has 174 valence electrons. The van der Waals surface area contributed by atoms with Gasteiger partial charge in [0.1, 0.15) is 5.75 Å². The number of aromatic carboxylic acids is 1. The number of anilines is 2. The van der Waals surface area contributed by atoms with Crippen LogP contribution in [0.5, 0.6) is 5.75 Å². The summed E-state index contributed by atoms with van der Waals surface area (Å²) in [6, 6.07) is 8.59. The number of carboxylic acid groups (broad SMARTS) is 1. The van der Waals surface area contributed by atoms with Gasteiger partial charge in [-0.05, 0) is 74.4 Å². The van der Waals surface area contributed by atoms with E-state index >= 15 is 0 Å². The molecule has 0 aromatic heterocycles. The van der Waals surface area contributed by atoms with Crippen LogP contribution >= 0.6 is 0 Å². The predicted molar refractivity (Wildman–Crippen MR) is 125 cm³/mol. The van der Waals surface area contributed by atoms with E-state index in [1.807, 2.05) is 36.9 Å². The Morgan fingerprint density at radius 1 is 1.09 bits per heavy atom. The number of benzene rings is 2. The van der Waals surface area contributed by atoms with Crippen LogP contribution in [0.4, 0.5) is 16.2 Å². The standard InChI is InChI=1S/C25H29N3O5/c1-14-4-7-18(12-22(14)33-3)26-23(29)16-5-8-19(9-6-16)28-13-20-15(2)10-17(24(30)31)11-21(20)27-25(28)32/h4,7,10-12,16,19H,5-6,8-9,13H2,1-3H3,(H,26,29)(H,27,32)(H,30,31). The molecule has 2 aromatic carbocycles. The summed E-state index contributed by atoms with van der Waals surface area (Å²) >= 11 is 0. The van der Waals surface area contributed by atoms with E-state index in [1.54, 1.807) is 13.2 Å². The number of aryl methyl sites for hydroxylation is 2. The van der Waals surface area contributed by atoms with Gasteiger partial charge < -0.3 is 25.4 Å². The van der Waals surface area contributed by atoms with E-state index in [1.165, 1.54) is 6.07 Å². The largest absolute Gasteiger partial charge is 0.496 e. The summed E-state index contributed by atoms with van der Waals surface area (Å²) in [5, 5.41) is 15.1. The van der Waals surface area contributed by atoms with Crippen LogP contribution in [0.25, 0.3) is 0 Å². The number of ether oxygens (including phenoxy) is 1. The molecule has 3 amide bonds. The Hall–Kier alpha value is -3.55. The van der Waals surface area contributed by atoms with Crippen molar-refractivity contribution in [2.24, 2.45) is 5.92 Å². The lowest BCUT2D eigenvalue weighted by atomic mass is 9.84. The molecular formula is C25H29N3O5. The second-order valence-corrected chi connectivity index (χ2v) is 8.86. The zero-order valence-corrected chi connectivity index (χ0v) is 19.1. The lowest BCUT2D eigenvalue weighted by Crippen LogP contribution is -2.47. The quantitative estimate of drug-likeness (QED) is 0.618. The molecule has 8 heteroatoms. The van der Waals surface area contributed by atoms with Crippen molar-refractivity contribution in [3.63, 3.8) is 0 Å². The molecule has 4 rings (SSSR count). The topological polar surface area (TPSA) is 108 Å². The lowest BCUT2D eigenvalue weighted by Gasteiger charge is -2.39. The average molecular weight is 452 g/mol. The lowest BCUT2D eigenvalue weighted by molar-refractivity contribution is -0.121. The number of urea groups is 1. The van der Waals surface area contributed by atoms with Crippen LogP contribution in [0.1, 0.15) is 52.7 Å². The molecule has 33 heavy (non-hydrogen) atoms. The minimum Gasteiger partial charge on any atom is -0.496 e. The highest BCUT2D eigenvalue weighted by molar-refractivity contribution is 5.96. The summed E-state index contributed by atoms with van der Waals surface area (Å²) in [6.45, 7) is 4.26. The Balaban J connectivity index is 1.38. The number of carbonyl (C=O) groups excluding carboxylic acids is 2. The molecule has 8 nitrogen and oxygen atoms in total. The van der Waals surface area contributed by atoms with Crippen LogP contribution in [-0.4, -0.2) is 41.1 Å². The van der Waals surface area contributed by atoms with Gasteiger partial charge in [-0.1, -0.05) is 6.07 Å². The Bertz CT molecular complexity index is 1110. The van der Waals surface area contributed by atoms with Crippen LogP contribution in [0, 0.1) is 19.8 Å². The van der Waals surface area contributed by atoms with Gasteiger partial charge in [-0.25, -0.2) is 9.59 Å². The fraction of sp³-hybridized carbons (Fsp3) is 0.400. The highest BCUT2D eigenvalue weighted by Crippen LogP contribution is 2.34. The van der Waals surface area contributed by atoms with Crippen molar-refractivity contribution >= 4 is 29.3 Å². The van der Waals surface area contributed by atoms with E-state index in [0.717, 1.165) is 35.3 Å². The minimum atomic E-state index is -1.02. The third-order valence-corrected chi connectivity index (χ3v) is 6.73. The molecule has 2 aromatic rings. The molecule has 0 spiro atoms. The van der Waals surface area contributed by atoms with Crippen LogP contribution in [0.3, 0.4) is 0 Å². The second kappa shape index (κ2) is 9.13. The summed E-state index contributed by atoms with van der Waals surface area (Å²) in [5.74, 6) is -0.393. The molecule has 2 aliphatic rings. The van der Waals surface area contributed by atoms with E-state index in [9.17, 15) is 19.5 Å². The van der Waals surface area contributed by atoms with Crippen LogP contribution in [0.2, 0.25) is 0 Å². The van der Waals surface area contributed by atoms with Gasteiger partial charge in [-0.2, -0.15) is 0 Å². The van der Waals surface area contributed by atoms with Crippen LogP contribution in [0.15, 0.2) is 30.3 Å². The zero-order valence-electron chi connectivity index (χ0n) is 19.1. The van der Waals surface area contributed by atoms with Crippen molar-refractivity contribution in [2.75, 3.05) is 17.7 Å². The molecule has 0 saturated heterocycles. The Morgan fingerprint density at radius 2 is 1.82 bits per heavy atom. The van der Waals surface area contributed by atoms with Gasteiger partial charge >= 0.3 is 12.0 Å². The normalized spacial score (nSPS) is 20.0. The van der Waals surface area contributed by atoms with Crippen LogP contribution in [-0.2, 0) is 11.3 Å². The predicted octanol–water partition coefficient (Wildman–Crippen LogP) is 4.56. The molecule has 1 saturated carbocycles. The molecule has 1 aliphatic carbocycles. The molecule has 3 N–H and O–H groups in total. The molecular weight excluding hydrogens is 422 g/mol. The summed E-state index contributed by atoms with van der Waals surface area (Å²) in [6.07, 6.45) is 2.88. The fourth-order valence-corrected chi connectivity index (χ4v) is 4.78. The van der Waals surface area contributed by atoms with Gasteiger partial charge in [0, 0.05) is 29.4 Å². The molecule has 0 radical (unpaired) electrons. The number of nitrogens with one attached hydrogen (secondary N) is 2. The number of carbonyl (C=O) groups is 3. The van der Waals surface area contributed by atoms with E-state index < -0.39 is 5.97 Å². The maximum Gasteiger partial charge on any atom is 0.335 e. The summed E-state index contributed by atoms with van der Waals surface area (Å²) in [7, 11) is 1.61. The first-order valence-electron chi connectivity index (χ1n) is 11.2. The van der Waals surface area contributed by atoms with E-state index in [0.29, 0.717) is 30.8 Å². The first-order valence-corrected chi connectivity index (χ1v) is 11.2. The van der Waals surface area contributed by atoms with Gasteiger partial charge in [0.15, 0.2) is 0 Å². The first-order chi connectivity index (χ1) is 15.8. The van der Waals surface area contributed by atoms with Crippen molar-refractivity contribution in [3.05, 3.63) is 52.6 Å². The van der Waals surface area contributed by atoms with Crippen molar-refractivity contribution in [3.8, 4) is 5.75 Å². The number of amides is 3. The van der Waals surface area contributed by atoms with Gasteiger partial charge in [0.25, 0.3) is 0 Å². The highest BCUT2D eigenvalue weighted by Gasteiger charge is 2.34. The summed E-state index contributed by atoms with van der Waals surface area (Å²) in [5.41, 5.74) is 4.23. The smallest absolute Gasteiger partial charge is 0.335 e. The summed E-state index contributed by atoms with van der Waals surface area (Å²) < 4.78 is 5.33. The number of nitrogens with zero attached hydrogens (tertiary/aromatic N) is 1. The summed E-state index contributed by atoms with van der Waals surface area (Å²) in [4.78, 5) is 38.7. The third kappa shape index (κ3) is 4.65. The SMILES string of the molecule is COc1cc(NC(=O)C2CCC(N3Cc4c(C)cc(C(=O)O)cc4NC3=O)CC2)ccc1C. The molecule has 1 aliphatic heterocycles. The monoisotopic (exact) mass is 451 g/mol. The van der Waals surface area contributed by atoms with Gasteiger partial charge in [-0.3, -0.25) is 4.79 Å². The maximum absolute atomic E-state index is 12.8. The van der Waals surface area contributed by atoms with Crippen molar-refractivity contribution in [1.82, 2.24) is 4.90 Å². The molecule has 0 unspecified atom stereocenters. The van der Waals surface area contributed by atoms with E-state index in [2.05, 4.69) is 10.6 Å². The molecule has 1 fully saturated rings. The van der Waals surface area contributed by atoms with E-state index in [4.69, 9.17) is 4.74 Å². The first kappa shape index (κ1) is 22.6. The zero-order chi connectivity index (χ0) is 23.7. The Labute approximate surface area is 192 Å². The Morgan fingerprint density at radius 3 is 2.48 bits per heavy atom. The number of fused-ring (bicyclic) bond motifs is 1. The maximum atomic E-state index is 12.8. The van der Waals surface area contributed by atoms with Crippen molar-refractivity contribution < 1.29 is 24.2 Å². The second-order valence-electron chi connectivity index (χ2n) is 8.86. The number of rotatable bonds is 5. The molecule has 0 atom stereocenters. The number of hydrogen-bond donors (Lipinski definition) is 3. The number of methoxy groups -OCH3 is 1. The highest BCUT2D eigenvalue weighted by atomic mass is 16.5. The Kier molecular flexibility index (Phi) is 6.26. The van der Waals surface area contributed by atoms with Crippen molar-refractivity contribution in [1.29, 1.82) is 0 Å². The van der Waals surface area contributed by atoms with Crippen molar-refractivity contribution in [2.45, 2.75) is 52.1 Å². The number of hydrogen-bond acceptors (Lipinski definition) is 4. The number of carboxylic acids is 1. The van der Waals surface area contributed by atoms with Gasteiger partial charge in [-0.15, -0.1) is 0 Å².